The van der Waals surface area contributed by atoms with E-state index < -0.39 is 11.6 Å². The van der Waals surface area contributed by atoms with Crippen LogP contribution in [0.15, 0.2) is 54.6 Å². The second-order valence-corrected chi connectivity index (χ2v) is 8.35. The van der Waals surface area contributed by atoms with Gasteiger partial charge in [0.2, 0.25) is 0 Å². The van der Waals surface area contributed by atoms with Crippen LogP contribution in [-0.4, -0.2) is 30.1 Å². The number of rotatable bonds is 4. The summed E-state index contributed by atoms with van der Waals surface area (Å²) in [6.07, 6.45) is 1.67. The first-order chi connectivity index (χ1) is 14.6. The van der Waals surface area contributed by atoms with Gasteiger partial charge in [-0.2, -0.15) is 0 Å². The number of carbonyl (C=O) groups excluding carboxylic acids is 1. The van der Waals surface area contributed by atoms with E-state index in [1.807, 2.05) is 36.4 Å². The minimum Gasteiger partial charge on any atom is -0.376 e. The summed E-state index contributed by atoms with van der Waals surface area (Å²) in [4.78, 5) is 19.3. The summed E-state index contributed by atoms with van der Waals surface area (Å²) in [6.45, 7) is 0.970. The zero-order valence-corrected chi connectivity index (χ0v) is 16.8. The predicted octanol–water partition coefficient (Wildman–Crippen LogP) is 5.55. The normalized spacial score (nSPS) is 16.4. The molecule has 1 aromatic heterocycles. The number of nitrogens with zero attached hydrogens (tertiary/aromatic N) is 2. The summed E-state index contributed by atoms with van der Waals surface area (Å²) in [5.41, 5.74) is 0.581. The third-order valence-electron chi connectivity index (χ3n) is 5.28. The Balaban J connectivity index is 1.57. The fourth-order valence-corrected chi connectivity index (χ4v) is 4.79. The van der Waals surface area contributed by atoms with Crippen LogP contribution in [-0.2, 0) is 4.74 Å². The fourth-order valence-electron chi connectivity index (χ4n) is 3.78. The Morgan fingerprint density at radius 3 is 2.77 bits per heavy atom. The number of aromatic nitrogens is 1. The lowest BCUT2D eigenvalue weighted by Crippen LogP contribution is -2.37. The van der Waals surface area contributed by atoms with Gasteiger partial charge in [-0.05, 0) is 41.8 Å². The Kier molecular flexibility index (Phi) is 4.92. The maximum absolute atomic E-state index is 14.2. The molecule has 1 saturated heterocycles. The molecule has 1 atom stereocenters. The molecule has 0 radical (unpaired) electrons. The Morgan fingerprint density at radius 2 is 1.97 bits per heavy atom. The average Bonchev–Trinajstić information content (AvgIpc) is 3.41. The van der Waals surface area contributed by atoms with Gasteiger partial charge in [0.1, 0.15) is 11.3 Å². The topological polar surface area (TPSA) is 42.4 Å². The molecule has 1 fully saturated rings. The zero-order chi connectivity index (χ0) is 20.7. The van der Waals surface area contributed by atoms with E-state index in [0.29, 0.717) is 28.5 Å². The van der Waals surface area contributed by atoms with E-state index in [-0.39, 0.29) is 17.5 Å². The minimum atomic E-state index is -0.734. The smallest absolute Gasteiger partial charge is 0.260 e. The van der Waals surface area contributed by atoms with Gasteiger partial charge in [-0.15, -0.1) is 0 Å². The van der Waals surface area contributed by atoms with Crippen molar-refractivity contribution in [3.8, 4) is 0 Å². The molecule has 1 amide bonds. The van der Waals surface area contributed by atoms with E-state index in [0.717, 1.165) is 41.0 Å². The van der Waals surface area contributed by atoms with E-state index in [9.17, 15) is 13.6 Å². The third kappa shape index (κ3) is 3.55. The van der Waals surface area contributed by atoms with Gasteiger partial charge in [0.25, 0.3) is 5.91 Å². The van der Waals surface area contributed by atoms with Crippen LogP contribution in [0.3, 0.4) is 0 Å². The van der Waals surface area contributed by atoms with Gasteiger partial charge in [0.05, 0.1) is 17.3 Å². The van der Waals surface area contributed by atoms with Gasteiger partial charge < -0.3 is 4.74 Å². The molecule has 1 unspecified atom stereocenters. The van der Waals surface area contributed by atoms with Gasteiger partial charge in [-0.3, -0.25) is 9.69 Å². The molecule has 152 valence electrons. The lowest BCUT2D eigenvalue weighted by atomic mass is 10.1. The molecule has 1 aliphatic rings. The van der Waals surface area contributed by atoms with Gasteiger partial charge in [-0.25, -0.2) is 13.8 Å². The Labute approximate surface area is 175 Å². The zero-order valence-electron chi connectivity index (χ0n) is 16.0. The molecule has 1 aliphatic heterocycles. The van der Waals surface area contributed by atoms with E-state index in [1.54, 1.807) is 6.07 Å². The predicted molar refractivity (Wildman–Crippen MR) is 114 cm³/mol. The van der Waals surface area contributed by atoms with Crippen LogP contribution in [0.1, 0.15) is 23.2 Å². The lowest BCUT2D eigenvalue weighted by molar-refractivity contribution is 0.0917. The van der Waals surface area contributed by atoms with Gasteiger partial charge >= 0.3 is 0 Å². The molecule has 0 N–H and O–H groups in total. The van der Waals surface area contributed by atoms with E-state index in [4.69, 9.17) is 4.74 Å². The van der Waals surface area contributed by atoms with Crippen LogP contribution in [0.5, 0.6) is 0 Å². The molecule has 4 nitrogen and oxygen atoms in total. The summed E-state index contributed by atoms with van der Waals surface area (Å²) in [6, 6.07) is 15.4. The van der Waals surface area contributed by atoms with Crippen molar-refractivity contribution in [1.82, 2.24) is 4.98 Å². The number of hydrogen-bond donors (Lipinski definition) is 0. The fraction of sp³-hybridized carbons (Fsp3) is 0.217. The number of carbonyl (C=O) groups is 1. The Morgan fingerprint density at radius 1 is 1.13 bits per heavy atom. The summed E-state index contributed by atoms with van der Waals surface area (Å²) in [5, 5.41) is 2.33. The average molecular weight is 424 g/mol. The summed E-state index contributed by atoms with van der Waals surface area (Å²) < 4.78 is 33.9. The third-order valence-corrected chi connectivity index (χ3v) is 6.31. The minimum absolute atomic E-state index is 0.0695. The highest BCUT2D eigenvalue weighted by atomic mass is 32.1. The Hall–Kier alpha value is -2.90. The number of anilines is 1. The number of fused-ring (bicyclic) bond motifs is 2. The second kappa shape index (κ2) is 7.74. The van der Waals surface area contributed by atoms with Gasteiger partial charge in [0.15, 0.2) is 10.9 Å². The largest absolute Gasteiger partial charge is 0.376 e. The van der Waals surface area contributed by atoms with E-state index >= 15 is 0 Å². The van der Waals surface area contributed by atoms with Crippen molar-refractivity contribution >= 4 is 43.4 Å². The van der Waals surface area contributed by atoms with Gasteiger partial charge in [-0.1, -0.05) is 41.7 Å². The molecule has 2 heterocycles. The van der Waals surface area contributed by atoms with Crippen LogP contribution in [0.2, 0.25) is 0 Å². The highest BCUT2D eigenvalue weighted by Gasteiger charge is 2.27. The summed E-state index contributed by atoms with van der Waals surface area (Å²) >= 11 is 1.10. The first-order valence-electron chi connectivity index (χ1n) is 9.76. The molecule has 4 aromatic rings. The molecule has 0 bridgehead atoms. The monoisotopic (exact) mass is 424 g/mol. The van der Waals surface area contributed by atoms with Crippen molar-refractivity contribution in [3.63, 3.8) is 0 Å². The van der Waals surface area contributed by atoms with Crippen molar-refractivity contribution in [1.29, 1.82) is 0 Å². The van der Waals surface area contributed by atoms with E-state index in [2.05, 4.69) is 4.98 Å². The molecular formula is C23H18F2N2O2S. The van der Waals surface area contributed by atoms with Crippen molar-refractivity contribution in [2.75, 3.05) is 18.1 Å². The maximum atomic E-state index is 14.2. The standard InChI is InChI=1S/C23H18F2N2O2S/c24-17-11-19(25)21-20(12-17)30-23(26-21)27(13-18-6-3-9-29-18)22(28)16-8-7-14-4-1-2-5-15(14)10-16/h1-2,4-5,7-8,10-12,18H,3,6,9,13H2. The maximum Gasteiger partial charge on any atom is 0.260 e. The number of benzene rings is 3. The number of amides is 1. The second-order valence-electron chi connectivity index (χ2n) is 7.34. The first-order valence-corrected chi connectivity index (χ1v) is 10.6. The SMILES string of the molecule is O=C(c1ccc2ccccc2c1)N(CC1CCCO1)c1nc2c(F)cc(F)cc2s1. The van der Waals surface area contributed by atoms with Crippen molar-refractivity contribution in [3.05, 3.63) is 71.8 Å². The van der Waals surface area contributed by atoms with Crippen LogP contribution in [0, 0.1) is 11.6 Å². The lowest BCUT2D eigenvalue weighted by Gasteiger charge is -2.23. The first kappa shape index (κ1) is 19.1. The van der Waals surface area contributed by atoms with Crippen LogP contribution >= 0.6 is 11.3 Å². The summed E-state index contributed by atoms with van der Waals surface area (Å²) in [5.74, 6) is -1.64. The number of halogens is 2. The van der Waals surface area contributed by atoms with Crippen molar-refractivity contribution in [2.45, 2.75) is 18.9 Å². The molecular weight excluding hydrogens is 406 g/mol. The molecule has 0 aliphatic carbocycles. The van der Waals surface area contributed by atoms with Crippen LogP contribution in [0.4, 0.5) is 13.9 Å². The number of thiazole rings is 1. The Bertz CT molecular complexity index is 1250. The van der Waals surface area contributed by atoms with Crippen molar-refractivity contribution < 1.29 is 18.3 Å². The van der Waals surface area contributed by atoms with Gasteiger partial charge in [0, 0.05) is 18.2 Å². The quantitative estimate of drug-likeness (QED) is 0.431. The van der Waals surface area contributed by atoms with Crippen LogP contribution in [0.25, 0.3) is 21.0 Å². The molecule has 3 aromatic carbocycles. The number of hydrogen-bond acceptors (Lipinski definition) is 4. The highest BCUT2D eigenvalue weighted by Crippen LogP contribution is 2.33. The van der Waals surface area contributed by atoms with E-state index in [1.165, 1.54) is 11.0 Å². The summed E-state index contributed by atoms with van der Waals surface area (Å²) in [7, 11) is 0. The molecule has 30 heavy (non-hydrogen) atoms. The molecule has 7 heteroatoms. The van der Waals surface area contributed by atoms with Crippen molar-refractivity contribution in [2.24, 2.45) is 0 Å². The highest BCUT2D eigenvalue weighted by molar-refractivity contribution is 7.22. The van der Waals surface area contributed by atoms with Crippen LogP contribution < -0.4 is 4.90 Å². The molecule has 0 saturated carbocycles. The number of ether oxygens (including phenoxy) is 1. The molecule has 0 spiro atoms. The molecule has 5 rings (SSSR count).